The van der Waals surface area contributed by atoms with Gasteiger partial charge in [-0.25, -0.2) is 0 Å². The Morgan fingerprint density at radius 1 is 1.47 bits per heavy atom. The van der Waals surface area contributed by atoms with Crippen LogP contribution in [0.3, 0.4) is 0 Å². The Morgan fingerprint density at radius 2 is 2.24 bits per heavy atom. The predicted octanol–water partition coefficient (Wildman–Crippen LogP) is 2.29. The SMILES string of the molecule is Cc1ccccc1CN1CCCC(C(=O)O)C1. The fourth-order valence-corrected chi connectivity index (χ4v) is 2.43. The van der Waals surface area contributed by atoms with Crippen LogP contribution in [0.5, 0.6) is 0 Å². The van der Waals surface area contributed by atoms with E-state index in [-0.39, 0.29) is 5.92 Å². The van der Waals surface area contributed by atoms with E-state index < -0.39 is 5.97 Å². The van der Waals surface area contributed by atoms with Crippen LogP contribution in [0.25, 0.3) is 0 Å². The van der Waals surface area contributed by atoms with Gasteiger partial charge >= 0.3 is 5.97 Å². The van der Waals surface area contributed by atoms with Crippen molar-refractivity contribution in [3.8, 4) is 0 Å². The number of benzene rings is 1. The minimum Gasteiger partial charge on any atom is -0.481 e. The van der Waals surface area contributed by atoms with Crippen molar-refractivity contribution < 1.29 is 9.90 Å². The molecule has 1 unspecified atom stereocenters. The van der Waals surface area contributed by atoms with Gasteiger partial charge in [0.2, 0.25) is 0 Å². The van der Waals surface area contributed by atoms with Crippen LogP contribution >= 0.6 is 0 Å². The number of piperidine rings is 1. The van der Waals surface area contributed by atoms with Crippen LogP contribution in [0, 0.1) is 12.8 Å². The van der Waals surface area contributed by atoms with Gasteiger partial charge in [-0.2, -0.15) is 0 Å². The van der Waals surface area contributed by atoms with Gasteiger partial charge in [0.05, 0.1) is 5.92 Å². The van der Waals surface area contributed by atoms with Crippen molar-refractivity contribution in [2.24, 2.45) is 5.92 Å². The fraction of sp³-hybridized carbons (Fsp3) is 0.500. The van der Waals surface area contributed by atoms with Crippen LogP contribution < -0.4 is 0 Å². The summed E-state index contributed by atoms with van der Waals surface area (Å²) in [5.74, 6) is -0.841. The Kier molecular flexibility index (Phi) is 3.79. The molecule has 1 saturated heterocycles. The van der Waals surface area contributed by atoms with Gasteiger partial charge in [0, 0.05) is 13.1 Å². The Labute approximate surface area is 102 Å². The summed E-state index contributed by atoms with van der Waals surface area (Å²) in [6.07, 6.45) is 1.81. The van der Waals surface area contributed by atoms with Crippen molar-refractivity contribution in [2.45, 2.75) is 26.3 Å². The summed E-state index contributed by atoms with van der Waals surface area (Å²) in [7, 11) is 0. The van der Waals surface area contributed by atoms with E-state index in [0.717, 1.165) is 25.9 Å². The third-order valence-corrected chi connectivity index (χ3v) is 3.51. The van der Waals surface area contributed by atoms with E-state index in [9.17, 15) is 4.79 Å². The van der Waals surface area contributed by atoms with Crippen LogP contribution in [0.4, 0.5) is 0 Å². The highest BCUT2D eigenvalue weighted by molar-refractivity contribution is 5.70. The fourth-order valence-electron chi connectivity index (χ4n) is 2.43. The lowest BCUT2D eigenvalue weighted by molar-refractivity contribution is -0.143. The quantitative estimate of drug-likeness (QED) is 0.870. The largest absolute Gasteiger partial charge is 0.481 e. The molecule has 0 amide bonds. The third kappa shape index (κ3) is 3.07. The molecular weight excluding hydrogens is 214 g/mol. The molecule has 1 atom stereocenters. The van der Waals surface area contributed by atoms with Crippen molar-refractivity contribution >= 4 is 5.97 Å². The van der Waals surface area contributed by atoms with Gasteiger partial charge in [0.1, 0.15) is 0 Å². The topological polar surface area (TPSA) is 40.5 Å². The molecule has 92 valence electrons. The van der Waals surface area contributed by atoms with Crippen molar-refractivity contribution in [1.82, 2.24) is 4.90 Å². The zero-order valence-corrected chi connectivity index (χ0v) is 10.2. The number of carboxylic acid groups (broad SMARTS) is 1. The number of aryl methyl sites for hydroxylation is 1. The zero-order valence-electron chi connectivity index (χ0n) is 10.2. The van der Waals surface area contributed by atoms with E-state index in [1.807, 2.05) is 12.1 Å². The highest BCUT2D eigenvalue weighted by Gasteiger charge is 2.25. The molecule has 1 fully saturated rings. The Balaban J connectivity index is 1.99. The summed E-state index contributed by atoms with van der Waals surface area (Å²) in [5, 5.41) is 9.05. The molecule has 1 aromatic rings. The molecule has 1 aromatic carbocycles. The molecule has 0 radical (unpaired) electrons. The van der Waals surface area contributed by atoms with E-state index in [1.165, 1.54) is 11.1 Å². The first-order valence-electron chi connectivity index (χ1n) is 6.16. The maximum Gasteiger partial charge on any atom is 0.307 e. The molecule has 0 bridgehead atoms. The lowest BCUT2D eigenvalue weighted by atomic mass is 9.97. The van der Waals surface area contributed by atoms with Crippen molar-refractivity contribution in [1.29, 1.82) is 0 Å². The van der Waals surface area contributed by atoms with Gasteiger partial charge in [0.25, 0.3) is 0 Å². The zero-order chi connectivity index (χ0) is 12.3. The first-order chi connectivity index (χ1) is 8.16. The molecule has 3 nitrogen and oxygen atoms in total. The Bertz CT molecular complexity index is 403. The minimum absolute atomic E-state index is 0.187. The van der Waals surface area contributed by atoms with Gasteiger partial charge in [-0.1, -0.05) is 24.3 Å². The lowest BCUT2D eigenvalue weighted by Gasteiger charge is -2.30. The number of hydrogen-bond donors (Lipinski definition) is 1. The molecule has 1 heterocycles. The Hall–Kier alpha value is -1.35. The number of carbonyl (C=O) groups is 1. The van der Waals surface area contributed by atoms with Gasteiger partial charge in [-0.05, 0) is 37.4 Å². The number of nitrogens with zero attached hydrogens (tertiary/aromatic N) is 1. The maximum absolute atomic E-state index is 11.0. The maximum atomic E-state index is 11.0. The summed E-state index contributed by atoms with van der Waals surface area (Å²) in [4.78, 5) is 13.2. The monoisotopic (exact) mass is 233 g/mol. The van der Waals surface area contributed by atoms with E-state index in [4.69, 9.17) is 5.11 Å². The molecule has 17 heavy (non-hydrogen) atoms. The number of likely N-dealkylation sites (tertiary alicyclic amines) is 1. The van der Waals surface area contributed by atoms with E-state index in [0.29, 0.717) is 6.54 Å². The summed E-state index contributed by atoms with van der Waals surface area (Å²) in [6.45, 7) is 4.67. The minimum atomic E-state index is -0.653. The van der Waals surface area contributed by atoms with Crippen molar-refractivity contribution in [3.63, 3.8) is 0 Å². The first-order valence-corrected chi connectivity index (χ1v) is 6.16. The molecule has 0 aliphatic carbocycles. The first kappa shape index (κ1) is 12.1. The lowest BCUT2D eigenvalue weighted by Crippen LogP contribution is -2.38. The summed E-state index contributed by atoms with van der Waals surface area (Å²) in [6, 6.07) is 8.31. The second-order valence-corrected chi connectivity index (χ2v) is 4.84. The average molecular weight is 233 g/mol. The van der Waals surface area contributed by atoms with Gasteiger partial charge in [-0.3, -0.25) is 9.69 Å². The third-order valence-electron chi connectivity index (χ3n) is 3.51. The van der Waals surface area contributed by atoms with Crippen molar-refractivity contribution in [2.75, 3.05) is 13.1 Å². The standard InChI is InChI=1S/C14H19NO2/c1-11-5-2-3-6-12(11)9-15-8-4-7-13(10-15)14(16)17/h2-3,5-6,13H,4,7-10H2,1H3,(H,16,17). The molecule has 3 heteroatoms. The molecule has 0 spiro atoms. The van der Waals surface area contributed by atoms with Crippen molar-refractivity contribution in [3.05, 3.63) is 35.4 Å². The molecule has 1 aliphatic heterocycles. The van der Waals surface area contributed by atoms with E-state index in [2.05, 4.69) is 24.0 Å². The smallest absolute Gasteiger partial charge is 0.307 e. The molecule has 2 rings (SSSR count). The normalized spacial score (nSPS) is 21.4. The van der Waals surface area contributed by atoms with Gasteiger partial charge < -0.3 is 5.11 Å². The number of aliphatic carboxylic acids is 1. The molecular formula is C14H19NO2. The summed E-state index contributed by atoms with van der Waals surface area (Å²) in [5.41, 5.74) is 2.59. The molecule has 0 aromatic heterocycles. The number of hydrogen-bond acceptors (Lipinski definition) is 2. The molecule has 1 aliphatic rings. The van der Waals surface area contributed by atoms with Crippen LogP contribution in [0.1, 0.15) is 24.0 Å². The summed E-state index contributed by atoms with van der Waals surface area (Å²) >= 11 is 0. The van der Waals surface area contributed by atoms with Crippen LogP contribution in [0.2, 0.25) is 0 Å². The Morgan fingerprint density at radius 3 is 2.94 bits per heavy atom. The van der Waals surface area contributed by atoms with Gasteiger partial charge in [-0.15, -0.1) is 0 Å². The molecule has 0 saturated carbocycles. The van der Waals surface area contributed by atoms with E-state index in [1.54, 1.807) is 0 Å². The predicted molar refractivity (Wildman–Crippen MR) is 66.8 cm³/mol. The van der Waals surface area contributed by atoms with E-state index >= 15 is 0 Å². The molecule has 1 N–H and O–H groups in total. The van der Waals surface area contributed by atoms with Crippen LogP contribution in [-0.4, -0.2) is 29.1 Å². The number of rotatable bonds is 3. The second kappa shape index (κ2) is 5.32. The summed E-state index contributed by atoms with van der Waals surface area (Å²) < 4.78 is 0. The number of carboxylic acids is 1. The second-order valence-electron chi connectivity index (χ2n) is 4.84. The van der Waals surface area contributed by atoms with Gasteiger partial charge in [0.15, 0.2) is 0 Å². The highest BCUT2D eigenvalue weighted by atomic mass is 16.4. The van der Waals surface area contributed by atoms with Crippen LogP contribution in [-0.2, 0) is 11.3 Å². The van der Waals surface area contributed by atoms with Crippen LogP contribution in [0.15, 0.2) is 24.3 Å². The average Bonchev–Trinajstić information content (AvgIpc) is 2.32. The highest BCUT2D eigenvalue weighted by Crippen LogP contribution is 2.19.